The molecule has 1 spiro atoms. The molecule has 19 heavy (non-hydrogen) atoms. The molecule has 0 N–H and O–H groups in total. The van der Waals surface area contributed by atoms with Crippen molar-refractivity contribution in [3.63, 3.8) is 0 Å². The quantitative estimate of drug-likeness (QED) is 0.699. The third kappa shape index (κ3) is 1.80. The summed E-state index contributed by atoms with van der Waals surface area (Å²) >= 11 is 0. The van der Waals surface area contributed by atoms with Gasteiger partial charge in [0.25, 0.3) is 0 Å². The summed E-state index contributed by atoms with van der Waals surface area (Å²) in [4.78, 5) is 16.2. The Morgan fingerprint density at radius 3 is 3.00 bits per heavy atom. The van der Waals surface area contributed by atoms with Gasteiger partial charge in [0.1, 0.15) is 0 Å². The standard InChI is InChI=1S/C17H15NO/c1-2-4-13-5-3-6-14-7-8-15(19)11-17(14)12-18-10-9-16(13)17/h2-10,12H,11H2,1H3/b4-2+. The zero-order valence-corrected chi connectivity index (χ0v) is 10.8. The van der Waals surface area contributed by atoms with Gasteiger partial charge in [0.2, 0.25) is 0 Å². The second kappa shape index (κ2) is 4.47. The molecule has 0 saturated carbocycles. The van der Waals surface area contributed by atoms with Gasteiger partial charge in [0.05, 0.1) is 5.41 Å². The monoisotopic (exact) mass is 249 g/mol. The molecule has 1 unspecified atom stereocenters. The second-order valence-corrected chi connectivity index (χ2v) is 4.89. The molecular formula is C17H15NO. The zero-order valence-electron chi connectivity index (χ0n) is 10.8. The summed E-state index contributed by atoms with van der Waals surface area (Å²) in [6.45, 7) is 2.00. The predicted octanol–water partition coefficient (Wildman–Crippen LogP) is 3.47. The van der Waals surface area contributed by atoms with Crippen LogP contribution in [0.5, 0.6) is 0 Å². The number of rotatable bonds is 1. The smallest absolute Gasteiger partial charge is 0.157 e. The van der Waals surface area contributed by atoms with Crippen LogP contribution in [0.1, 0.15) is 13.3 Å². The van der Waals surface area contributed by atoms with Crippen LogP contribution in [0.2, 0.25) is 0 Å². The minimum atomic E-state index is -0.390. The summed E-state index contributed by atoms with van der Waals surface area (Å²) in [5.41, 5.74) is 3.03. The molecule has 0 bridgehead atoms. The Kier molecular flexibility index (Phi) is 2.79. The van der Waals surface area contributed by atoms with E-state index in [9.17, 15) is 4.79 Å². The molecule has 0 amide bonds. The summed E-state index contributed by atoms with van der Waals surface area (Å²) in [6, 6.07) is 0. The molecule has 0 saturated heterocycles. The van der Waals surface area contributed by atoms with E-state index in [0.29, 0.717) is 6.42 Å². The van der Waals surface area contributed by atoms with Crippen molar-refractivity contribution in [1.29, 1.82) is 0 Å². The average molecular weight is 249 g/mol. The van der Waals surface area contributed by atoms with Crippen molar-refractivity contribution in [3.8, 4) is 0 Å². The molecule has 3 rings (SSSR count). The van der Waals surface area contributed by atoms with Gasteiger partial charge in [0, 0.05) is 18.8 Å². The van der Waals surface area contributed by atoms with E-state index in [0.717, 1.165) is 16.7 Å². The lowest BCUT2D eigenvalue weighted by Crippen LogP contribution is -2.33. The molecule has 1 atom stereocenters. The molecule has 1 aliphatic heterocycles. The second-order valence-electron chi connectivity index (χ2n) is 4.89. The van der Waals surface area contributed by atoms with E-state index in [1.165, 1.54) is 0 Å². The van der Waals surface area contributed by atoms with Gasteiger partial charge in [0.15, 0.2) is 5.78 Å². The van der Waals surface area contributed by atoms with Crippen molar-refractivity contribution in [2.24, 2.45) is 10.4 Å². The van der Waals surface area contributed by atoms with Crippen molar-refractivity contribution in [3.05, 3.63) is 71.5 Å². The number of hydrogen-bond acceptors (Lipinski definition) is 2. The molecular weight excluding hydrogens is 234 g/mol. The van der Waals surface area contributed by atoms with E-state index in [2.05, 4.69) is 23.2 Å². The maximum atomic E-state index is 11.9. The maximum Gasteiger partial charge on any atom is 0.157 e. The van der Waals surface area contributed by atoms with Crippen molar-refractivity contribution >= 4 is 12.0 Å². The topological polar surface area (TPSA) is 29.4 Å². The molecule has 2 aliphatic carbocycles. The number of carbonyl (C=O) groups excluding carboxylic acids is 1. The SMILES string of the molecule is C/C=C/C1=C2C=CN=CC23CC(=O)C=CC3=CC=C1. The van der Waals surface area contributed by atoms with Crippen LogP contribution in [0.15, 0.2) is 76.5 Å². The van der Waals surface area contributed by atoms with Crippen molar-refractivity contribution < 1.29 is 4.79 Å². The van der Waals surface area contributed by atoms with Gasteiger partial charge in [-0.15, -0.1) is 0 Å². The molecule has 0 aromatic heterocycles. The average Bonchev–Trinajstić information content (AvgIpc) is 2.56. The first-order chi connectivity index (χ1) is 9.26. The highest BCUT2D eigenvalue weighted by molar-refractivity contribution is 5.99. The van der Waals surface area contributed by atoms with Gasteiger partial charge < -0.3 is 0 Å². The summed E-state index contributed by atoms with van der Waals surface area (Å²) in [7, 11) is 0. The Bertz CT molecular complexity index is 638. The summed E-state index contributed by atoms with van der Waals surface area (Å²) in [6.07, 6.45) is 20.1. The van der Waals surface area contributed by atoms with Crippen LogP contribution < -0.4 is 0 Å². The lowest BCUT2D eigenvalue weighted by atomic mass is 9.67. The normalized spacial score (nSPS) is 28.5. The number of hydrogen-bond donors (Lipinski definition) is 0. The largest absolute Gasteiger partial charge is 0.295 e. The van der Waals surface area contributed by atoms with E-state index < -0.39 is 0 Å². The molecule has 0 fully saturated rings. The molecule has 2 heteroatoms. The van der Waals surface area contributed by atoms with E-state index in [1.807, 2.05) is 37.4 Å². The predicted molar refractivity (Wildman–Crippen MR) is 77.9 cm³/mol. The van der Waals surface area contributed by atoms with Crippen LogP contribution in [0.3, 0.4) is 0 Å². The van der Waals surface area contributed by atoms with Gasteiger partial charge in [-0.05, 0) is 35.8 Å². The number of ketones is 1. The van der Waals surface area contributed by atoms with E-state index >= 15 is 0 Å². The first-order valence-corrected chi connectivity index (χ1v) is 6.44. The minimum Gasteiger partial charge on any atom is -0.295 e. The van der Waals surface area contributed by atoms with E-state index in [1.54, 1.807) is 12.3 Å². The lowest BCUT2D eigenvalue weighted by Gasteiger charge is -2.36. The van der Waals surface area contributed by atoms with Gasteiger partial charge in [-0.2, -0.15) is 0 Å². The molecule has 1 heterocycles. The highest BCUT2D eigenvalue weighted by Crippen LogP contribution is 2.46. The Morgan fingerprint density at radius 2 is 2.16 bits per heavy atom. The van der Waals surface area contributed by atoms with E-state index in [-0.39, 0.29) is 11.2 Å². The Hall–Kier alpha value is -2.22. The van der Waals surface area contributed by atoms with Crippen LogP contribution in [-0.4, -0.2) is 12.0 Å². The lowest BCUT2D eigenvalue weighted by molar-refractivity contribution is -0.115. The molecule has 0 aromatic carbocycles. The molecule has 3 aliphatic rings. The first kappa shape index (κ1) is 11.8. The molecule has 0 aromatic rings. The first-order valence-electron chi connectivity index (χ1n) is 6.44. The Morgan fingerprint density at radius 1 is 1.26 bits per heavy atom. The number of aliphatic imine (C=N–C) groups is 1. The van der Waals surface area contributed by atoms with Crippen LogP contribution in [0, 0.1) is 5.41 Å². The number of nitrogens with zero attached hydrogens (tertiary/aromatic N) is 1. The fraction of sp³-hybridized carbons (Fsp3) is 0.176. The summed E-state index contributed by atoms with van der Waals surface area (Å²) in [5, 5.41) is 0. The van der Waals surface area contributed by atoms with Crippen LogP contribution in [0.25, 0.3) is 0 Å². The highest BCUT2D eigenvalue weighted by Gasteiger charge is 2.40. The summed E-state index contributed by atoms with van der Waals surface area (Å²) in [5.74, 6) is 0.151. The van der Waals surface area contributed by atoms with Gasteiger partial charge in [-0.1, -0.05) is 36.5 Å². The van der Waals surface area contributed by atoms with Crippen molar-refractivity contribution in [2.75, 3.05) is 0 Å². The van der Waals surface area contributed by atoms with Crippen LogP contribution in [-0.2, 0) is 4.79 Å². The third-order valence-electron chi connectivity index (χ3n) is 3.73. The van der Waals surface area contributed by atoms with Crippen LogP contribution >= 0.6 is 0 Å². The van der Waals surface area contributed by atoms with Crippen LogP contribution in [0.4, 0.5) is 0 Å². The van der Waals surface area contributed by atoms with Crippen molar-refractivity contribution in [2.45, 2.75) is 13.3 Å². The van der Waals surface area contributed by atoms with Gasteiger partial charge >= 0.3 is 0 Å². The molecule has 0 radical (unpaired) electrons. The molecule has 2 nitrogen and oxygen atoms in total. The molecule has 94 valence electrons. The van der Waals surface area contributed by atoms with Crippen molar-refractivity contribution in [1.82, 2.24) is 0 Å². The van der Waals surface area contributed by atoms with E-state index in [4.69, 9.17) is 0 Å². The summed E-state index contributed by atoms with van der Waals surface area (Å²) < 4.78 is 0. The highest BCUT2D eigenvalue weighted by atomic mass is 16.1. The Balaban J connectivity index is 2.28. The third-order valence-corrected chi connectivity index (χ3v) is 3.73. The van der Waals surface area contributed by atoms with Gasteiger partial charge in [-0.25, -0.2) is 0 Å². The number of allylic oxidation sites excluding steroid dienone is 11. The minimum absolute atomic E-state index is 0.151. The van der Waals surface area contributed by atoms with Gasteiger partial charge in [-0.3, -0.25) is 9.79 Å². The number of carbonyl (C=O) groups is 1. The Labute approximate surface area is 112 Å². The fourth-order valence-electron chi connectivity index (χ4n) is 2.87. The maximum absolute atomic E-state index is 11.9. The zero-order chi connectivity index (χ0) is 13.3. The fourth-order valence-corrected chi connectivity index (χ4v) is 2.87.